The van der Waals surface area contributed by atoms with Crippen molar-refractivity contribution in [1.29, 1.82) is 0 Å². The number of nitrogens with zero attached hydrogens (tertiary/aromatic N) is 5. The summed E-state index contributed by atoms with van der Waals surface area (Å²) in [6.45, 7) is 1.93. The lowest BCUT2D eigenvalue weighted by molar-refractivity contribution is 0.624. The number of nitrogens with one attached hydrogen (secondary N) is 2. The molecule has 0 fully saturated rings. The Morgan fingerprint density at radius 1 is 1.06 bits per heavy atom. The van der Waals surface area contributed by atoms with Crippen molar-refractivity contribution in [2.45, 2.75) is 19.4 Å². The summed E-state index contributed by atoms with van der Waals surface area (Å²) in [4.78, 5) is 33.7. The third-order valence-corrected chi connectivity index (χ3v) is 5.19. The molecule has 10 heteroatoms. The largest absolute Gasteiger partial charge is 0.358 e. The number of anilines is 1. The molecule has 3 heterocycles. The quantitative estimate of drug-likeness (QED) is 0.436. The summed E-state index contributed by atoms with van der Waals surface area (Å²) in [6.07, 6.45) is 3.46. The van der Waals surface area contributed by atoms with Crippen molar-refractivity contribution in [1.82, 2.24) is 29.5 Å². The molecule has 0 saturated carbocycles. The zero-order valence-corrected chi connectivity index (χ0v) is 16.9. The van der Waals surface area contributed by atoms with E-state index in [0.29, 0.717) is 40.4 Å². The van der Waals surface area contributed by atoms with Gasteiger partial charge in [0.15, 0.2) is 11.5 Å². The zero-order chi connectivity index (χ0) is 22.2. The average molecular weight is 433 g/mol. The maximum Gasteiger partial charge on any atom is 0.266 e. The number of fused-ring (bicyclic) bond motifs is 2. The molecule has 32 heavy (non-hydrogen) atoms. The van der Waals surface area contributed by atoms with Crippen LogP contribution in [0.4, 0.5) is 14.6 Å². The van der Waals surface area contributed by atoms with E-state index < -0.39 is 23.2 Å². The highest BCUT2D eigenvalue weighted by molar-refractivity contribution is 5.82. The highest BCUT2D eigenvalue weighted by Crippen LogP contribution is 2.26. The van der Waals surface area contributed by atoms with E-state index >= 15 is 0 Å². The third-order valence-electron chi connectivity index (χ3n) is 5.19. The Balaban J connectivity index is 1.72. The highest BCUT2D eigenvalue weighted by Gasteiger charge is 2.22. The van der Waals surface area contributed by atoms with Crippen molar-refractivity contribution >= 4 is 27.9 Å². The summed E-state index contributed by atoms with van der Waals surface area (Å²) < 4.78 is 28.8. The summed E-state index contributed by atoms with van der Waals surface area (Å²) in [5.41, 5.74) is 1.43. The number of rotatable bonds is 5. The number of benzene rings is 2. The first kappa shape index (κ1) is 19.7. The fourth-order valence-electron chi connectivity index (χ4n) is 3.63. The summed E-state index contributed by atoms with van der Waals surface area (Å²) in [6, 6.07) is 8.89. The average Bonchev–Trinajstić information content (AvgIpc) is 3.28. The summed E-state index contributed by atoms with van der Waals surface area (Å²) in [5, 5.41) is 3.42. The number of H-pyrrole nitrogens is 1. The van der Waals surface area contributed by atoms with Crippen LogP contribution in [0.5, 0.6) is 0 Å². The minimum absolute atomic E-state index is 0.129. The smallest absolute Gasteiger partial charge is 0.266 e. The van der Waals surface area contributed by atoms with Gasteiger partial charge in [-0.3, -0.25) is 9.36 Å². The Labute approximate surface area is 180 Å². The molecule has 0 amide bonds. The van der Waals surface area contributed by atoms with E-state index in [-0.39, 0.29) is 5.39 Å². The predicted molar refractivity (Wildman–Crippen MR) is 116 cm³/mol. The van der Waals surface area contributed by atoms with Gasteiger partial charge in [-0.1, -0.05) is 6.92 Å². The maximum absolute atomic E-state index is 13.9. The SMILES string of the molecule is CCC(Nc1ncnc2[nH]cnc12)c1nc2ccc(F)cc2c(=O)n1-c1ccc(F)cc1. The molecule has 0 bridgehead atoms. The van der Waals surface area contributed by atoms with E-state index in [0.717, 1.165) is 6.07 Å². The van der Waals surface area contributed by atoms with E-state index in [1.165, 1.54) is 53.6 Å². The van der Waals surface area contributed by atoms with Crippen LogP contribution in [0.1, 0.15) is 25.2 Å². The lowest BCUT2D eigenvalue weighted by Crippen LogP contribution is -2.28. The molecule has 0 spiro atoms. The van der Waals surface area contributed by atoms with E-state index in [1.54, 1.807) is 0 Å². The molecule has 0 radical (unpaired) electrons. The Kier molecular flexibility index (Phi) is 4.81. The second kappa shape index (κ2) is 7.80. The Hall–Kier alpha value is -4.21. The predicted octanol–water partition coefficient (Wildman–Crippen LogP) is 3.89. The van der Waals surface area contributed by atoms with E-state index in [9.17, 15) is 13.6 Å². The minimum Gasteiger partial charge on any atom is -0.358 e. The van der Waals surface area contributed by atoms with Crippen LogP contribution in [0.2, 0.25) is 0 Å². The van der Waals surface area contributed by atoms with Crippen molar-refractivity contribution < 1.29 is 8.78 Å². The molecule has 0 aliphatic carbocycles. The van der Waals surface area contributed by atoms with Gasteiger partial charge in [-0.2, -0.15) is 0 Å². The summed E-state index contributed by atoms with van der Waals surface area (Å²) in [5.74, 6) is -0.121. The van der Waals surface area contributed by atoms with E-state index in [2.05, 4.69) is 30.2 Å². The van der Waals surface area contributed by atoms with E-state index in [1.807, 2.05) is 6.92 Å². The van der Waals surface area contributed by atoms with E-state index in [4.69, 9.17) is 0 Å². The zero-order valence-electron chi connectivity index (χ0n) is 16.9. The lowest BCUT2D eigenvalue weighted by atomic mass is 10.1. The number of hydrogen-bond donors (Lipinski definition) is 2. The lowest BCUT2D eigenvalue weighted by Gasteiger charge is -2.22. The number of aromatic nitrogens is 6. The van der Waals surface area contributed by atoms with Crippen molar-refractivity contribution in [3.63, 3.8) is 0 Å². The first-order chi connectivity index (χ1) is 15.5. The van der Waals surface area contributed by atoms with Gasteiger partial charge >= 0.3 is 0 Å². The standard InChI is InChI=1S/C22H17F2N7O/c1-2-16(29-20-18-19(26-10-25-18)27-11-28-20)21-30-17-8-5-13(24)9-15(17)22(32)31(21)14-6-3-12(23)4-7-14/h3-11,16H,2H2,1H3,(H2,25,26,27,28,29). The van der Waals surface area contributed by atoms with Crippen LogP contribution in [-0.2, 0) is 0 Å². The minimum atomic E-state index is -0.540. The van der Waals surface area contributed by atoms with Crippen LogP contribution in [0.15, 0.2) is 59.9 Å². The molecule has 1 unspecified atom stereocenters. The second-order valence-corrected chi connectivity index (χ2v) is 7.18. The monoisotopic (exact) mass is 433 g/mol. The van der Waals surface area contributed by atoms with Gasteiger partial charge in [-0.15, -0.1) is 0 Å². The Morgan fingerprint density at radius 2 is 1.84 bits per heavy atom. The molecule has 0 aliphatic rings. The summed E-state index contributed by atoms with van der Waals surface area (Å²) in [7, 11) is 0. The van der Waals surface area contributed by atoms with Crippen molar-refractivity contribution in [2.24, 2.45) is 0 Å². The molecule has 5 rings (SSSR count). The number of aromatic amines is 1. The first-order valence-corrected chi connectivity index (χ1v) is 9.94. The first-order valence-electron chi connectivity index (χ1n) is 9.94. The highest BCUT2D eigenvalue weighted by atomic mass is 19.1. The molecule has 8 nitrogen and oxygen atoms in total. The van der Waals surface area contributed by atoms with Crippen molar-refractivity contribution in [3.05, 3.63) is 82.9 Å². The second-order valence-electron chi connectivity index (χ2n) is 7.18. The molecule has 0 saturated heterocycles. The normalized spacial score (nSPS) is 12.3. The van der Waals surface area contributed by atoms with Crippen LogP contribution >= 0.6 is 0 Å². The number of halogens is 2. The van der Waals surface area contributed by atoms with Gasteiger partial charge in [-0.05, 0) is 48.9 Å². The van der Waals surface area contributed by atoms with Crippen molar-refractivity contribution in [2.75, 3.05) is 5.32 Å². The molecule has 2 aromatic carbocycles. The van der Waals surface area contributed by atoms with Gasteiger partial charge in [0.25, 0.3) is 5.56 Å². The molecular formula is C22H17F2N7O. The number of imidazole rings is 1. The van der Waals surface area contributed by atoms with Crippen LogP contribution in [0.3, 0.4) is 0 Å². The molecule has 160 valence electrons. The van der Waals surface area contributed by atoms with Gasteiger partial charge in [0, 0.05) is 0 Å². The molecule has 0 aliphatic heterocycles. The molecule has 3 aromatic heterocycles. The van der Waals surface area contributed by atoms with Gasteiger partial charge in [-0.25, -0.2) is 28.7 Å². The molecule has 5 aromatic rings. The Morgan fingerprint density at radius 3 is 2.62 bits per heavy atom. The molecule has 2 N–H and O–H groups in total. The Bertz CT molecular complexity index is 1490. The van der Waals surface area contributed by atoms with Crippen LogP contribution in [-0.4, -0.2) is 29.5 Å². The van der Waals surface area contributed by atoms with Gasteiger partial charge < -0.3 is 10.3 Å². The van der Waals surface area contributed by atoms with Crippen LogP contribution in [0.25, 0.3) is 27.8 Å². The van der Waals surface area contributed by atoms with Crippen LogP contribution in [0, 0.1) is 11.6 Å². The number of hydrogen-bond acceptors (Lipinski definition) is 6. The van der Waals surface area contributed by atoms with Crippen LogP contribution < -0.4 is 10.9 Å². The fourth-order valence-corrected chi connectivity index (χ4v) is 3.63. The maximum atomic E-state index is 13.9. The van der Waals surface area contributed by atoms with Gasteiger partial charge in [0.05, 0.1) is 29.0 Å². The molecular weight excluding hydrogens is 416 g/mol. The third kappa shape index (κ3) is 3.35. The van der Waals surface area contributed by atoms with Gasteiger partial charge in [0.2, 0.25) is 0 Å². The van der Waals surface area contributed by atoms with Gasteiger partial charge in [0.1, 0.15) is 29.3 Å². The van der Waals surface area contributed by atoms with Crippen molar-refractivity contribution in [3.8, 4) is 5.69 Å². The fraction of sp³-hybridized carbons (Fsp3) is 0.136. The summed E-state index contributed by atoms with van der Waals surface area (Å²) >= 11 is 0. The topological polar surface area (TPSA) is 101 Å². The molecule has 1 atom stereocenters.